The summed E-state index contributed by atoms with van der Waals surface area (Å²) in [5.74, 6) is -1.18. The van der Waals surface area contributed by atoms with Crippen molar-refractivity contribution in [2.45, 2.75) is 31.1 Å². The lowest BCUT2D eigenvalue weighted by Gasteiger charge is -2.33. The molecule has 0 N–H and O–H groups in total. The van der Waals surface area contributed by atoms with E-state index in [-0.39, 0.29) is 31.9 Å². The van der Waals surface area contributed by atoms with Gasteiger partial charge in [-0.1, -0.05) is 31.9 Å². The van der Waals surface area contributed by atoms with Gasteiger partial charge in [-0.15, -0.1) is 0 Å². The van der Waals surface area contributed by atoms with Gasteiger partial charge in [-0.05, 0) is 12.5 Å². The van der Waals surface area contributed by atoms with E-state index in [0.29, 0.717) is 6.42 Å². The quantitative estimate of drug-likeness (QED) is 0.313. The minimum Gasteiger partial charge on any atom is -0.339 e. The van der Waals surface area contributed by atoms with Gasteiger partial charge in [-0.2, -0.15) is 4.31 Å². The summed E-state index contributed by atoms with van der Waals surface area (Å²) in [5, 5.41) is 11.1. The fourth-order valence-corrected chi connectivity index (χ4v) is 5.99. The van der Waals surface area contributed by atoms with Crippen molar-refractivity contribution in [1.82, 2.24) is 9.21 Å². The Labute approximate surface area is 170 Å². The number of nitro benzene ring substituents is 1. The van der Waals surface area contributed by atoms with E-state index in [4.69, 9.17) is 0 Å². The SMILES string of the molecule is CCCCCS(=O)(=O)CC(=O)N1CCN(S(=O)(=O)c2ccccc2[N+](=O)[O-])CC1. The molecule has 1 aromatic rings. The number of sulfonamides is 1. The van der Waals surface area contributed by atoms with Gasteiger partial charge in [0.15, 0.2) is 14.7 Å². The van der Waals surface area contributed by atoms with Crippen LogP contribution in [0.1, 0.15) is 26.2 Å². The second-order valence-corrected chi connectivity index (χ2v) is 10.9. The predicted octanol–water partition coefficient (Wildman–Crippen LogP) is 1.03. The maximum Gasteiger partial charge on any atom is 0.289 e. The number of amides is 1. The molecule has 1 fully saturated rings. The molecule has 0 aliphatic carbocycles. The average molecular weight is 448 g/mol. The standard InChI is InChI=1S/C17H25N3O7S2/c1-2-3-6-13-28(24,25)14-17(21)18-9-11-19(12-10-18)29(26,27)16-8-5-4-7-15(16)20(22)23/h4-5,7-8H,2-3,6,9-14H2,1H3. The molecule has 1 aromatic carbocycles. The van der Waals surface area contributed by atoms with Crippen molar-refractivity contribution in [2.75, 3.05) is 37.7 Å². The van der Waals surface area contributed by atoms with Gasteiger partial charge in [0.05, 0.1) is 10.7 Å². The molecule has 0 atom stereocenters. The van der Waals surface area contributed by atoms with Crippen LogP contribution in [0.25, 0.3) is 0 Å². The lowest BCUT2D eigenvalue weighted by Crippen LogP contribution is -2.51. The molecule has 1 aliphatic rings. The largest absolute Gasteiger partial charge is 0.339 e. The third kappa shape index (κ3) is 5.97. The van der Waals surface area contributed by atoms with Crippen molar-refractivity contribution < 1.29 is 26.6 Å². The Balaban J connectivity index is 2.02. The summed E-state index contributed by atoms with van der Waals surface area (Å²) in [7, 11) is -7.60. The molecule has 1 amide bonds. The van der Waals surface area contributed by atoms with Crippen LogP contribution < -0.4 is 0 Å². The molecule has 1 saturated heterocycles. The monoisotopic (exact) mass is 447 g/mol. The van der Waals surface area contributed by atoms with Crippen molar-refractivity contribution in [3.8, 4) is 0 Å². The number of para-hydroxylation sites is 1. The van der Waals surface area contributed by atoms with Gasteiger partial charge >= 0.3 is 0 Å². The Kier molecular flexibility index (Phi) is 7.72. The van der Waals surface area contributed by atoms with Crippen LogP contribution in [0.3, 0.4) is 0 Å². The Morgan fingerprint density at radius 2 is 1.69 bits per heavy atom. The molecule has 1 aliphatic heterocycles. The van der Waals surface area contributed by atoms with Crippen LogP contribution >= 0.6 is 0 Å². The van der Waals surface area contributed by atoms with Crippen LogP contribution in [-0.4, -0.2) is 74.6 Å². The number of carbonyl (C=O) groups excluding carboxylic acids is 1. The Morgan fingerprint density at radius 1 is 1.07 bits per heavy atom. The molecule has 12 heteroatoms. The van der Waals surface area contributed by atoms with E-state index in [1.165, 1.54) is 23.1 Å². The minimum atomic E-state index is -4.10. The van der Waals surface area contributed by atoms with Crippen LogP contribution in [0.15, 0.2) is 29.2 Å². The molecular weight excluding hydrogens is 422 g/mol. The molecule has 2 rings (SSSR count). The average Bonchev–Trinajstić information content (AvgIpc) is 2.67. The van der Waals surface area contributed by atoms with Gasteiger partial charge in [-0.25, -0.2) is 16.8 Å². The zero-order valence-corrected chi connectivity index (χ0v) is 17.8. The van der Waals surface area contributed by atoms with E-state index in [2.05, 4.69) is 0 Å². The molecular formula is C17H25N3O7S2. The first kappa shape index (κ1) is 23.2. The molecule has 0 unspecified atom stereocenters. The highest BCUT2D eigenvalue weighted by molar-refractivity contribution is 7.92. The van der Waals surface area contributed by atoms with E-state index in [9.17, 15) is 31.7 Å². The molecule has 0 bridgehead atoms. The number of hydrogen-bond donors (Lipinski definition) is 0. The number of hydrogen-bond acceptors (Lipinski definition) is 7. The minimum absolute atomic E-state index is 0.0309. The molecule has 0 radical (unpaired) electrons. The second kappa shape index (κ2) is 9.63. The fraction of sp³-hybridized carbons (Fsp3) is 0.588. The van der Waals surface area contributed by atoms with E-state index in [1.807, 2.05) is 6.92 Å². The highest BCUT2D eigenvalue weighted by Crippen LogP contribution is 2.26. The number of piperazine rings is 1. The number of sulfone groups is 1. The third-order valence-corrected chi connectivity index (χ3v) is 8.22. The molecule has 162 valence electrons. The zero-order valence-electron chi connectivity index (χ0n) is 16.2. The lowest BCUT2D eigenvalue weighted by atomic mass is 10.3. The van der Waals surface area contributed by atoms with E-state index >= 15 is 0 Å². The molecule has 0 spiro atoms. The van der Waals surface area contributed by atoms with Crippen LogP contribution in [-0.2, 0) is 24.7 Å². The smallest absolute Gasteiger partial charge is 0.289 e. The molecule has 1 heterocycles. The summed E-state index contributed by atoms with van der Waals surface area (Å²) in [4.78, 5) is 23.6. The molecule has 10 nitrogen and oxygen atoms in total. The van der Waals surface area contributed by atoms with E-state index in [1.54, 1.807) is 0 Å². The van der Waals surface area contributed by atoms with Gasteiger partial charge in [0.1, 0.15) is 5.75 Å². The zero-order chi connectivity index (χ0) is 21.7. The van der Waals surface area contributed by atoms with Crippen molar-refractivity contribution in [1.29, 1.82) is 0 Å². The maximum absolute atomic E-state index is 12.8. The van der Waals surface area contributed by atoms with E-state index in [0.717, 1.165) is 23.2 Å². The van der Waals surface area contributed by atoms with Crippen molar-refractivity contribution >= 4 is 31.5 Å². The van der Waals surface area contributed by atoms with Gasteiger partial charge in [-0.3, -0.25) is 14.9 Å². The van der Waals surface area contributed by atoms with Crippen molar-refractivity contribution in [2.24, 2.45) is 0 Å². The summed E-state index contributed by atoms with van der Waals surface area (Å²) >= 11 is 0. The number of rotatable bonds is 9. The normalized spacial score (nSPS) is 16.0. The summed E-state index contributed by atoms with van der Waals surface area (Å²) in [5.41, 5.74) is -0.510. The van der Waals surface area contributed by atoms with Gasteiger partial charge in [0.2, 0.25) is 15.9 Å². The predicted molar refractivity (Wildman–Crippen MR) is 107 cm³/mol. The Hall–Kier alpha value is -2.05. The fourth-order valence-electron chi connectivity index (χ4n) is 3.07. The number of carbonyl (C=O) groups is 1. The lowest BCUT2D eigenvalue weighted by molar-refractivity contribution is -0.387. The summed E-state index contributed by atoms with van der Waals surface area (Å²) < 4.78 is 50.8. The Morgan fingerprint density at radius 3 is 2.28 bits per heavy atom. The number of benzene rings is 1. The van der Waals surface area contributed by atoms with Gasteiger partial charge in [0.25, 0.3) is 5.69 Å². The summed E-state index contributed by atoms with van der Waals surface area (Å²) in [6.07, 6.45) is 2.16. The van der Waals surface area contributed by atoms with Crippen molar-refractivity contribution in [3.05, 3.63) is 34.4 Å². The first-order valence-corrected chi connectivity index (χ1v) is 12.6. The summed E-state index contributed by atoms with van der Waals surface area (Å²) in [6, 6.07) is 5.09. The Bertz CT molecular complexity index is 953. The van der Waals surface area contributed by atoms with Crippen LogP contribution in [0.5, 0.6) is 0 Å². The number of unbranched alkanes of at least 4 members (excludes halogenated alkanes) is 2. The number of nitrogens with zero attached hydrogens (tertiary/aromatic N) is 3. The second-order valence-electron chi connectivity index (χ2n) is 6.81. The van der Waals surface area contributed by atoms with Crippen LogP contribution in [0, 0.1) is 10.1 Å². The molecule has 29 heavy (non-hydrogen) atoms. The van der Waals surface area contributed by atoms with Crippen LogP contribution in [0.4, 0.5) is 5.69 Å². The van der Waals surface area contributed by atoms with Crippen LogP contribution in [0.2, 0.25) is 0 Å². The number of nitro groups is 1. The third-order valence-electron chi connectivity index (χ3n) is 4.67. The van der Waals surface area contributed by atoms with Gasteiger partial charge < -0.3 is 4.90 Å². The molecule has 0 aromatic heterocycles. The molecule has 0 saturated carbocycles. The van der Waals surface area contributed by atoms with Gasteiger partial charge in [0, 0.05) is 32.2 Å². The first-order valence-electron chi connectivity index (χ1n) is 9.30. The van der Waals surface area contributed by atoms with E-state index < -0.39 is 47.0 Å². The topological polar surface area (TPSA) is 135 Å². The first-order chi connectivity index (χ1) is 13.6. The maximum atomic E-state index is 12.8. The highest BCUT2D eigenvalue weighted by Gasteiger charge is 2.35. The highest BCUT2D eigenvalue weighted by atomic mass is 32.2. The van der Waals surface area contributed by atoms with Crippen molar-refractivity contribution in [3.63, 3.8) is 0 Å². The summed E-state index contributed by atoms with van der Waals surface area (Å²) in [6.45, 7) is 1.90.